The van der Waals surface area contributed by atoms with Crippen LogP contribution in [0.1, 0.15) is 23.6 Å². The minimum Gasteiger partial charge on any atom is -0.426 e. The fraction of sp³-hybridized carbons (Fsp3) is 0.471. The second-order valence-corrected chi connectivity index (χ2v) is 8.36. The molecule has 0 spiro atoms. The number of nitrogens with one attached hydrogen (secondary N) is 1. The molecule has 154 valence electrons. The maximum Gasteiger partial charge on any atom is 0.475 e. The number of carbonyl (C=O) groups excluding carboxylic acids is 1. The molecule has 1 rings (SSSR count). The number of nitrogens with zero attached hydrogens (tertiary/aromatic N) is 2. The highest BCUT2D eigenvalue weighted by Crippen LogP contribution is 2.13. The molecule has 0 heterocycles. The van der Waals surface area contributed by atoms with Gasteiger partial charge in [-0.15, -0.1) is 4.31 Å². The van der Waals surface area contributed by atoms with Crippen molar-refractivity contribution in [2.45, 2.75) is 33.1 Å². The number of nitroso groups, excluding NO2 is 1. The van der Waals surface area contributed by atoms with Gasteiger partial charge in [-0.3, -0.25) is 4.79 Å². The number of rotatable bonds is 11. The lowest BCUT2D eigenvalue weighted by Gasteiger charge is -2.18. The maximum absolute atomic E-state index is 12.1. The van der Waals surface area contributed by atoms with Gasteiger partial charge in [0.15, 0.2) is 0 Å². The molecular formula is C17H27BN3O6S+. The lowest BCUT2D eigenvalue weighted by atomic mass is 9.75. The second-order valence-electron chi connectivity index (χ2n) is 6.48. The van der Waals surface area contributed by atoms with E-state index in [-0.39, 0.29) is 17.7 Å². The first kappa shape index (κ1) is 24.0. The molecule has 0 aromatic heterocycles. The molecule has 0 radical (unpaired) electrons. The van der Waals surface area contributed by atoms with Crippen molar-refractivity contribution in [1.82, 2.24) is 9.62 Å². The summed E-state index contributed by atoms with van der Waals surface area (Å²) in [5, 5.41) is 22.3. The molecule has 0 aliphatic rings. The third-order valence-electron chi connectivity index (χ3n) is 4.20. The molecule has 0 saturated carbocycles. The average Bonchev–Trinajstić information content (AvgIpc) is 2.60. The van der Waals surface area contributed by atoms with Gasteiger partial charge in [0.1, 0.15) is 0 Å². The smallest absolute Gasteiger partial charge is 0.426 e. The maximum atomic E-state index is 12.1. The van der Waals surface area contributed by atoms with Crippen molar-refractivity contribution in [2.24, 2.45) is 0 Å². The number of sulfonamides is 1. The normalized spacial score (nSPS) is 12.5. The molecule has 28 heavy (non-hydrogen) atoms. The molecule has 1 atom stereocenters. The summed E-state index contributed by atoms with van der Waals surface area (Å²) in [7, 11) is -5.60. The number of amides is 1. The summed E-state index contributed by atoms with van der Waals surface area (Å²) in [6, 6.07) is 5.66. The molecule has 1 aromatic carbocycles. The summed E-state index contributed by atoms with van der Waals surface area (Å²) >= 11 is 0. The van der Waals surface area contributed by atoms with Gasteiger partial charge in [-0.05, 0) is 31.4 Å². The van der Waals surface area contributed by atoms with Crippen molar-refractivity contribution in [2.75, 3.05) is 19.8 Å². The third-order valence-corrected chi connectivity index (χ3v) is 5.72. The quantitative estimate of drug-likeness (QED) is 0.264. The molecule has 0 fully saturated rings. The zero-order valence-electron chi connectivity index (χ0n) is 16.3. The second kappa shape index (κ2) is 10.5. The van der Waals surface area contributed by atoms with Gasteiger partial charge in [0.25, 0.3) is 19.1 Å². The predicted molar refractivity (Wildman–Crippen MR) is 107 cm³/mol. The Bertz CT molecular complexity index is 828. The molecule has 0 aliphatic heterocycles. The molecule has 1 aromatic rings. The highest BCUT2D eigenvalue weighted by atomic mass is 32.2. The van der Waals surface area contributed by atoms with Crippen LogP contribution in [0, 0.1) is 18.8 Å². The summed E-state index contributed by atoms with van der Waals surface area (Å²) in [6.07, 6.45) is 0.167. The van der Waals surface area contributed by atoms with Crippen LogP contribution in [0.5, 0.6) is 0 Å². The Morgan fingerprint density at radius 1 is 1.39 bits per heavy atom. The summed E-state index contributed by atoms with van der Waals surface area (Å²) in [5.74, 6) is -1.76. The molecule has 3 N–H and O–H groups in total. The van der Waals surface area contributed by atoms with Crippen LogP contribution in [0.2, 0.25) is 0 Å². The molecule has 9 nitrogen and oxygen atoms in total. The molecule has 0 unspecified atom stereocenters. The van der Waals surface area contributed by atoms with E-state index in [4.69, 9.17) is 0 Å². The first-order valence-electron chi connectivity index (χ1n) is 8.76. The Balaban J connectivity index is 2.74. The number of carbonyl (C=O) groups is 1. The molecular weight excluding hydrogens is 385 g/mol. The van der Waals surface area contributed by atoms with Gasteiger partial charge in [0, 0.05) is 21.6 Å². The fourth-order valence-electron chi connectivity index (χ4n) is 2.65. The standard InChI is InChI=1S/C17H26BN3O6S/c1-5-21(28(26,27)6-2)12-20(25)11-17(22)19-16(18(23)24)10-15-8-7-13(3)9-14(15)4/h6-9,16,23-24H,2,5,10-12H2,1,3-4H3/p+1/t16-/m0/s1. The van der Waals surface area contributed by atoms with Crippen molar-refractivity contribution < 1.29 is 28.0 Å². The Morgan fingerprint density at radius 3 is 2.54 bits per heavy atom. The number of benzene rings is 1. The van der Waals surface area contributed by atoms with Gasteiger partial charge in [-0.2, -0.15) is 0 Å². The number of aryl methyl sites for hydroxylation is 2. The van der Waals surface area contributed by atoms with Gasteiger partial charge < -0.3 is 15.4 Å². The van der Waals surface area contributed by atoms with Gasteiger partial charge in [0.2, 0.25) is 10.0 Å². The van der Waals surface area contributed by atoms with Gasteiger partial charge >= 0.3 is 7.12 Å². The first-order chi connectivity index (χ1) is 13.0. The Hall–Kier alpha value is -2.08. The topological polar surface area (TPSA) is 127 Å². The van der Waals surface area contributed by atoms with E-state index in [2.05, 4.69) is 11.9 Å². The van der Waals surface area contributed by atoms with Crippen LogP contribution in [0.15, 0.2) is 30.2 Å². The van der Waals surface area contributed by atoms with Crippen LogP contribution in [0.3, 0.4) is 0 Å². The Labute approximate surface area is 165 Å². The van der Waals surface area contributed by atoms with E-state index in [1.54, 1.807) is 6.92 Å². The van der Waals surface area contributed by atoms with Crippen molar-refractivity contribution in [3.8, 4) is 0 Å². The van der Waals surface area contributed by atoms with Gasteiger partial charge in [0.05, 0.1) is 5.94 Å². The van der Waals surface area contributed by atoms with Crippen molar-refractivity contribution in [3.05, 3.63) is 51.8 Å². The highest BCUT2D eigenvalue weighted by Gasteiger charge is 2.30. The van der Waals surface area contributed by atoms with Crippen LogP contribution < -0.4 is 5.32 Å². The van der Waals surface area contributed by atoms with Crippen molar-refractivity contribution in [3.63, 3.8) is 0 Å². The number of hydrogen-bond donors (Lipinski definition) is 3. The largest absolute Gasteiger partial charge is 0.475 e. The number of hydrogen-bond acceptors (Lipinski definition) is 6. The fourth-order valence-corrected chi connectivity index (χ4v) is 3.51. The summed E-state index contributed by atoms with van der Waals surface area (Å²) in [5.41, 5.74) is 2.83. The predicted octanol–water partition coefficient (Wildman–Crippen LogP) is -0.126. The van der Waals surface area contributed by atoms with Crippen LogP contribution in [-0.2, 0) is 21.2 Å². The van der Waals surface area contributed by atoms with Crippen LogP contribution in [0.4, 0.5) is 0 Å². The first-order valence-corrected chi connectivity index (χ1v) is 10.3. The lowest BCUT2D eigenvalue weighted by Crippen LogP contribution is -2.50. The molecule has 11 heteroatoms. The van der Waals surface area contributed by atoms with E-state index in [9.17, 15) is 28.2 Å². The van der Waals surface area contributed by atoms with Crippen LogP contribution in [0.25, 0.3) is 0 Å². The van der Waals surface area contributed by atoms with E-state index in [1.807, 2.05) is 32.0 Å². The Morgan fingerprint density at radius 2 is 2.04 bits per heavy atom. The summed E-state index contributed by atoms with van der Waals surface area (Å²) < 4.78 is 24.7. The molecule has 0 bridgehead atoms. The summed E-state index contributed by atoms with van der Waals surface area (Å²) in [4.78, 5) is 24.1. The Kier molecular flexibility index (Phi) is 8.96. The zero-order valence-corrected chi connectivity index (χ0v) is 17.1. The minimum atomic E-state index is -3.78. The SMILES string of the molecule is C=CS(=O)(=O)N(CC)C[N+](=O)CC(=O)N[C@@H](Cc1ccc(C)cc1C)B(O)O. The van der Waals surface area contributed by atoms with Crippen molar-refractivity contribution in [1.29, 1.82) is 0 Å². The van der Waals surface area contributed by atoms with E-state index in [1.165, 1.54) is 0 Å². The minimum absolute atomic E-state index is 0.0411. The van der Waals surface area contributed by atoms with Gasteiger partial charge in [-0.25, -0.2) is 8.42 Å². The van der Waals surface area contributed by atoms with E-state index >= 15 is 0 Å². The van der Waals surface area contributed by atoms with E-state index < -0.39 is 42.2 Å². The van der Waals surface area contributed by atoms with Crippen molar-refractivity contribution >= 4 is 23.0 Å². The zero-order chi connectivity index (χ0) is 21.5. The van der Waals surface area contributed by atoms with Crippen LogP contribution in [-0.4, -0.2) is 66.3 Å². The van der Waals surface area contributed by atoms with Crippen LogP contribution >= 0.6 is 0 Å². The average molecular weight is 412 g/mol. The molecule has 0 saturated heterocycles. The summed E-state index contributed by atoms with van der Waals surface area (Å²) in [6.45, 7) is 7.41. The monoisotopic (exact) mass is 412 g/mol. The third kappa shape index (κ3) is 7.15. The van der Waals surface area contributed by atoms with E-state index in [0.717, 1.165) is 26.4 Å². The van der Waals surface area contributed by atoms with Gasteiger partial charge in [-0.1, -0.05) is 37.3 Å². The lowest BCUT2D eigenvalue weighted by molar-refractivity contribution is -0.552. The molecule has 0 aliphatic carbocycles. The highest BCUT2D eigenvalue weighted by molar-refractivity contribution is 7.92. The van der Waals surface area contributed by atoms with E-state index in [0.29, 0.717) is 0 Å². The molecule has 1 amide bonds.